The van der Waals surface area contributed by atoms with Gasteiger partial charge in [-0.1, -0.05) is 18.2 Å². The van der Waals surface area contributed by atoms with Crippen molar-refractivity contribution in [1.29, 1.82) is 0 Å². The lowest BCUT2D eigenvalue weighted by atomic mass is 9.88. The molecule has 0 aliphatic rings. The first-order valence-corrected chi connectivity index (χ1v) is 6.84. The molecule has 2 rings (SSSR count). The van der Waals surface area contributed by atoms with E-state index in [9.17, 15) is 9.50 Å². The fourth-order valence-electron chi connectivity index (χ4n) is 2.66. The lowest BCUT2D eigenvalue weighted by Crippen LogP contribution is -2.08. The van der Waals surface area contributed by atoms with Gasteiger partial charge in [-0.3, -0.25) is 0 Å². The van der Waals surface area contributed by atoms with Crippen LogP contribution in [0.1, 0.15) is 45.0 Å². The summed E-state index contributed by atoms with van der Waals surface area (Å²) in [5.41, 5.74) is 6.77. The molecular weight excluding hydrogens is 251 g/mol. The summed E-state index contributed by atoms with van der Waals surface area (Å²) in [5.74, 6) is -0.241. The predicted octanol–water partition coefficient (Wildman–Crippen LogP) is 4.45. The van der Waals surface area contributed by atoms with E-state index in [0.717, 1.165) is 22.3 Å². The van der Waals surface area contributed by atoms with Gasteiger partial charge in [0.05, 0.1) is 0 Å². The predicted molar refractivity (Wildman–Crippen MR) is 80.6 cm³/mol. The molecule has 0 saturated carbocycles. The molecule has 2 aromatic carbocycles. The number of benzene rings is 2. The molecule has 1 atom stereocenters. The monoisotopic (exact) mass is 272 g/mol. The van der Waals surface area contributed by atoms with Crippen LogP contribution in [0.15, 0.2) is 24.3 Å². The summed E-state index contributed by atoms with van der Waals surface area (Å²) in [6.07, 6.45) is -0.715. The number of aliphatic hydroxyl groups excluding tert-OH is 1. The zero-order chi connectivity index (χ0) is 15.0. The zero-order valence-electron chi connectivity index (χ0n) is 12.7. The molecule has 2 heteroatoms. The van der Waals surface area contributed by atoms with Crippen LogP contribution < -0.4 is 0 Å². The fraction of sp³-hybridized carbons (Fsp3) is 0.333. The van der Waals surface area contributed by atoms with Gasteiger partial charge in [-0.15, -0.1) is 0 Å². The van der Waals surface area contributed by atoms with Crippen molar-refractivity contribution >= 4 is 0 Å². The first-order chi connectivity index (χ1) is 9.32. The van der Waals surface area contributed by atoms with E-state index in [0.29, 0.717) is 5.56 Å². The Kier molecular flexibility index (Phi) is 3.96. The molecular formula is C18H21FO. The van der Waals surface area contributed by atoms with Crippen molar-refractivity contribution in [1.82, 2.24) is 0 Å². The second-order valence-corrected chi connectivity index (χ2v) is 5.59. The van der Waals surface area contributed by atoms with E-state index in [1.165, 1.54) is 17.2 Å². The third kappa shape index (κ3) is 2.48. The van der Waals surface area contributed by atoms with Gasteiger partial charge in [0.2, 0.25) is 0 Å². The zero-order valence-corrected chi connectivity index (χ0v) is 12.7. The van der Waals surface area contributed by atoms with E-state index < -0.39 is 6.10 Å². The minimum Gasteiger partial charge on any atom is -0.384 e. The highest BCUT2D eigenvalue weighted by atomic mass is 19.1. The molecule has 0 spiro atoms. The Hall–Kier alpha value is -1.67. The molecule has 1 nitrogen and oxygen atoms in total. The van der Waals surface area contributed by atoms with Gasteiger partial charge >= 0.3 is 0 Å². The van der Waals surface area contributed by atoms with Gasteiger partial charge in [-0.25, -0.2) is 4.39 Å². The molecule has 0 saturated heterocycles. The van der Waals surface area contributed by atoms with E-state index in [1.54, 1.807) is 19.1 Å². The molecule has 0 aromatic heterocycles. The number of rotatable bonds is 2. The summed E-state index contributed by atoms with van der Waals surface area (Å²) >= 11 is 0. The van der Waals surface area contributed by atoms with Crippen LogP contribution in [0.5, 0.6) is 0 Å². The van der Waals surface area contributed by atoms with E-state index in [4.69, 9.17) is 0 Å². The van der Waals surface area contributed by atoms with Gasteiger partial charge < -0.3 is 5.11 Å². The molecule has 0 radical (unpaired) electrons. The van der Waals surface area contributed by atoms with Crippen molar-refractivity contribution in [3.05, 3.63) is 69.0 Å². The van der Waals surface area contributed by atoms with Crippen molar-refractivity contribution < 1.29 is 9.50 Å². The van der Waals surface area contributed by atoms with Crippen molar-refractivity contribution in [2.24, 2.45) is 0 Å². The molecule has 0 aliphatic heterocycles. The van der Waals surface area contributed by atoms with Crippen molar-refractivity contribution in [3.63, 3.8) is 0 Å². The maximum atomic E-state index is 13.4. The molecule has 1 N–H and O–H groups in total. The molecule has 1 unspecified atom stereocenters. The molecule has 0 amide bonds. The normalized spacial score (nSPS) is 12.6. The molecule has 20 heavy (non-hydrogen) atoms. The van der Waals surface area contributed by atoms with Gasteiger partial charge in [0.25, 0.3) is 0 Å². The number of aliphatic hydroxyl groups is 1. The summed E-state index contributed by atoms with van der Waals surface area (Å²) < 4.78 is 13.4. The Balaban J connectivity index is 2.58. The van der Waals surface area contributed by atoms with Crippen LogP contribution in [0.2, 0.25) is 0 Å². The summed E-state index contributed by atoms with van der Waals surface area (Å²) in [7, 11) is 0. The van der Waals surface area contributed by atoms with Crippen LogP contribution in [-0.2, 0) is 0 Å². The highest BCUT2D eigenvalue weighted by Crippen LogP contribution is 2.32. The maximum absolute atomic E-state index is 13.4. The van der Waals surface area contributed by atoms with E-state index in [2.05, 4.69) is 6.07 Å². The molecule has 2 aromatic rings. The van der Waals surface area contributed by atoms with E-state index in [1.807, 2.05) is 27.7 Å². The fourth-order valence-corrected chi connectivity index (χ4v) is 2.66. The van der Waals surface area contributed by atoms with Crippen molar-refractivity contribution in [2.75, 3.05) is 0 Å². The topological polar surface area (TPSA) is 20.2 Å². The molecule has 0 bridgehead atoms. The van der Waals surface area contributed by atoms with Gasteiger partial charge in [0.15, 0.2) is 0 Å². The SMILES string of the molecule is Cc1cc(C(O)c2c(C)c(C)cc(C)c2C)ccc1F. The lowest BCUT2D eigenvalue weighted by molar-refractivity contribution is 0.218. The van der Waals surface area contributed by atoms with Crippen LogP contribution in [0, 0.1) is 40.4 Å². The number of halogens is 1. The molecule has 0 heterocycles. The summed E-state index contributed by atoms with van der Waals surface area (Å²) in [5, 5.41) is 10.7. The average Bonchev–Trinajstić information content (AvgIpc) is 2.40. The molecule has 106 valence electrons. The second-order valence-electron chi connectivity index (χ2n) is 5.59. The Bertz CT molecular complexity index is 633. The van der Waals surface area contributed by atoms with Gasteiger partial charge in [-0.2, -0.15) is 0 Å². The van der Waals surface area contributed by atoms with Crippen LogP contribution in [-0.4, -0.2) is 5.11 Å². The van der Waals surface area contributed by atoms with E-state index in [-0.39, 0.29) is 5.82 Å². The average molecular weight is 272 g/mol. The van der Waals surface area contributed by atoms with Crippen molar-refractivity contribution in [3.8, 4) is 0 Å². The molecule has 0 aliphatic carbocycles. The quantitative estimate of drug-likeness (QED) is 0.856. The highest BCUT2D eigenvalue weighted by molar-refractivity contribution is 5.48. The summed E-state index contributed by atoms with van der Waals surface area (Å²) in [6.45, 7) is 9.86. The van der Waals surface area contributed by atoms with Crippen molar-refractivity contribution in [2.45, 2.75) is 40.7 Å². The first kappa shape index (κ1) is 14.7. The van der Waals surface area contributed by atoms with Crippen LogP contribution in [0.4, 0.5) is 4.39 Å². The second kappa shape index (κ2) is 5.37. The summed E-state index contributed by atoms with van der Waals surface area (Å²) in [6, 6.07) is 6.93. The Morgan fingerprint density at radius 2 is 1.40 bits per heavy atom. The number of hydrogen-bond donors (Lipinski definition) is 1. The van der Waals surface area contributed by atoms with Gasteiger partial charge in [0, 0.05) is 0 Å². The first-order valence-electron chi connectivity index (χ1n) is 6.84. The number of aryl methyl sites for hydroxylation is 3. The van der Waals surface area contributed by atoms with Crippen LogP contribution in [0.25, 0.3) is 0 Å². The standard InChI is InChI=1S/C18H21FO/c1-10-8-11(2)14(5)17(13(10)4)18(20)15-6-7-16(19)12(3)9-15/h6-9,18,20H,1-5H3. The Labute approximate surface area is 120 Å². The Morgan fingerprint density at radius 3 is 1.90 bits per heavy atom. The van der Waals surface area contributed by atoms with Gasteiger partial charge in [0.1, 0.15) is 11.9 Å². The molecule has 0 fully saturated rings. The minimum absolute atomic E-state index is 0.241. The number of hydrogen-bond acceptors (Lipinski definition) is 1. The summed E-state index contributed by atoms with van der Waals surface area (Å²) in [4.78, 5) is 0. The lowest BCUT2D eigenvalue weighted by Gasteiger charge is -2.21. The minimum atomic E-state index is -0.715. The smallest absolute Gasteiger partial charge is 0.126 e. The Morgan fingerprint density at radius 1 is 0.850 bits per heavy atom. The third-order valence-electron chi connectivity index (χ3n) is 4.20. The van der Waals surface area contributed by atoms with E-state index >= 15 is 0 Å². The largest absolute Gasteiger partial charge is 0.384 e. The van der Waals surface area contributed by atoms with Gasteiger partial charge in [-0.05, 0) is 79.6 Å². The third-order valence-corrected chi connectivity index (χ3v) is 4.20. The van der Waals surface area contributed by atoms with Crippen LogP contribution >= 0.6 is 0 Å². The van der Waals surface area contributed by atoms with Crippen LogP contribution in [0.3, 0.4) is 0 Å². The maximum Gasteiger partial charge on any atom is 0.126 e. The highest BCUT2D eigenvalue weighted by Gasteiger charge is 2.18.